The average Bonchev–Trinajstić information content (AvgIpc) is 1.42. The average molecular weight is 1270 g/mol. The van der Waals surface area contributed by atoms with Gasteiger partial charge in [-0.2, -0.15) is 0 Å². The maximum Gasteiger partial charge on any atom is 0.220 e. The van der Waals surface area contributed by atoms with E-state index in [0.29, 0.717) is 12.8 Å². The first-order valence-electron chi connectivity index (χ1n) is 37.5. The molecule has 0 spiro atoms. The lowest BCUT2D eigenvalue weighted by molar-refractivity contribution is -0.359. The Balaban J connectivity index is 1.66. The van der Waals surface area contributed by atoms with Crippen LogP contribution in [0.2, 0.25) is 0 Å². The van der Waals surface area contributed by atoms with E-state index in [9.17, 15) is 45.6 Å². The number of carbonyl (C=O) groups excluding carboxylic acids is 1. The summed E-state index contributed by atoms with van der Waals surface area (Å²) in [6.07, 6.45) is 64.3. The summed E-state index contributed by atoms with van der Waals surface area (Å²) in [4.78, 5) is 13.4. The minimum atomic E-state index is -1.79. The molecule has 2 fully saturated rings. The number of aliphatic hydroxyl groups excluding tert-OH is 8. The summed E-state index contributed by atoms with van der Waals surface area (Å²) >= 11 is 0. The Bertz CT molecular complexity index is 1740. The van der Waals surface area contributed by atoms with Crippen LogP contribution in [0.3, 0.4) is 0 Å². The van der Waals surface area contributed by atoms with Crippen molar-refractivity contribution in [1.82, 2.24) is 5.32 Å². The number of rotatable bonds is 62. The monoisotopic (exact) mass is 1270 g/mol. The maximum absolute atomic E-state index is 13.4. The minimum absolute atomic E-state index is 0.246. The predicted molar refractivity (Wildman–Crippen MR) is 369 cm³/mol. The molecule has 12 unspecified atom stereocenters. The molecule has 0 bridgehead atoms. The fourth-order valence-electron chi connectivity index (χ4n) is 12.2. The Kier molecular flexibility index (Phi) is 56.2. The Morgan fingerprint density at radius 2 is 0.744 bits per heavy atom. The molecule has 2 heterocycles. The number of amides is 1. The number of nitrogens with one attached hydrogen (secondary N) is 1. The lowest BCUT2D eigenvalue weighted by atomic mass is 9.97. The second-order valence-corrected chi connectivity index (χ2v) is 26.4. The van der Waals surface area contributed by atoms with Gasteiger partial charge in [-0.15, -0.1) is 0 Å². The van der Waals surface area contributed by atoms with Gasteiger partial charge in [0, 0.05) is 6.42 Å². The topological polar surface area (TPSA) is 228 Å². The summed E-state index contributed by atoms with van der Waals surface area (Å²) in [7, 11) is 0. The molecule has 2 aliphatic rings. The Morgan fingerprint density at radius 1 is 0.400 bits per heavy atom. The molecule has 0 saturated carbocycles. The molecule has 2 saturated heterocycles. The zero-order valence-electron chi connectivity index (χ0n) is 57.4. The fourth-order valence-corrected chi connectivity index (χ4v) is 12.2. The molecule has 90 heavy (non-hydrogen) atoms. The molecule has 0 aliphatic carbocycles. The number of aliphatic hydroxyl groups is 8. The van der Waals surface area contributed by atoms with Crippen LogP contribution >= 0.6 is 0 Å². The molecule has 0 aromatic rings. The molecule has 1 amide bonds. The van der Waals surface area contributed by atoms with Crippen molar-refractivity contribution in [2.45, 2.75) is 396 Å². The maximum atomic E-state index is 13.4. The highest BCUT2D eigenvalue weighted by atomic mass is 16.7. The van der Waals surface area contributed by atoms with E-state index in [0.717, 1.165) is 44.9 Å². The van der Waals surface area contributed by atoms with Gasteiger partial charge in [0.25, 0.3) is 0 Å². The van der Waals surface area contributed by atoms with Gasteiger partial charge in [0.1, 0.15) is 48.8 Å². The van der Waals surface area contributed by atoms with Crippen molar-refractivity contribution in [3.05, 3.63) is 60.8 Å². The number of hydrogen-bond donors (Lipinski definition) is 9. The smallest absolute Gasteiger partial charge is 0.220 e. The molecule has 0 radical (unpaired) electrons. The number of hydrogen-bond acceptors (Lipinski definition) is 13. The predicted octanol–water partition coefficient (Wildman–Crippen LogP) is 16.0. The minimum Gasteiger partial charge on any atom is -0.394 e. The van der Waals surface area contributed by atoms with E-state index in [-0.39, 0.29) is 18.9 Å². The van der Waals surface area contributed by atoms with Gasteiger partial charge in [0.15, 0.2) is 12.6 Å². The SMILES string of the molecule is CCCCCCC/C=C\C/C=C\C/C=C\CCCCCCCCCCCCCCCCCCC(=O)NC(COC1OC(CO)C(OC2OC(CO)C(O)C(O)C2O)C(O)C1O)C(O)/C=C/CC/C=C/CCCCCCCCCCCCCCCCCCCCC. The highest BCUT2D eigenvalue weighted by Gasteiger charge is 2.51. The molecule has 9 N–H and O–H groups in total. The van der Waals surface area contributed by atoms with Crippen LogP contribution in [0.25, 0.3) is 0 Å². The first-order valence-corrected chi connectivity index (χ1v) is 37.5. The second kappa shape index (κ2) is 60.4. The van der Waals surface area contributed by atoms with E-state index in [1.165, 1.54) is 244 Å². The van der Waals surface area contributed by atoms with Gasteiger partial charge in [-0.1, -0.05) is 306 Å². The van der Waals surface area contributed by atoms with Crippen molar-refractivity contribution >= 4 is 5.91 Å². The summed E-state index contributed by atoms with van der Waals surface area (Å²) in [5.41, 5.74) is 0. The normalized spacial score (nSPS) is 23.2. The highest BCUT2D eigenvalue weighted by Crippen LogP contribution is 2.30. The zero-order chi connectivity index (χ0) is 65.2. The van der Waals surface area contributed by atoms with Gasteiger partial charge in [-0.25, -0.2) is 0 Å². The van der Waals surface area contributed by atoms with Crippen LogP contribution < -0.4 is 5.32 Å². The van der Waals surface area contributed by atoms with E-state index in [2.05, 4.69) is 67.8 Å². The first-order chi connectivity index (χ1) is 44.1. The standard InChI is InChI=1S/C76H139NO13/c1-3-5-7-9-11-13-15-17-19-21-23-25-27-29-30-31-32-33-34-36-38-40-42-44-46-48-50-52-54-56-58-60-68(81)77-64(63-87-75-73(86)71(84)74(67(62-79)89-75)90-76-72(85)70(83)69(82)66(61-78)88-76)65(80)59-57-55-53-51-49-47-45-43-41-39-37-35-28-26-24-22-20-18-16-14-12-10-8-6-4-2/h15,17,21,23,27,29,49,51,57,59,64-67,69-76,78-80,82-86H,3-14,16,18-20,22,24-26,28,30-48,50,52-56,58,60-63H2,1-2H3,(H,77,81)/b17-15-,23-21-,29-27-,51-49+,59-57+. The summed E-state index contributed by atoms with van der Waals surface area (Å²) in [5.74, 6) is -0.246. The third-order valence-electron chi connectivity index (χ3n) is 18.2. The largest absolute Gasteiger partial charge is 0.394 e. The van der Waals surface area contributed by atoms with Gasteiger partial charge < -0.3 is 65.1 Å². The third-order valence-corrected chi connectivity index (χ3v) is 18.2. The lowest BCUT2D eigenvalue weighted by Crippen LogP contribution is -2.65. The highest BCUT2D eigenvalue weighted by molar-refractivity contribution is 5.76. The van der Waals surface area contributed by atoms with Crippen molar-refractivity contribution < 1.29 is 64.6 Å². The van der Waals surface area contributed by atoms with Crippen molar-refractivity contribution in [3.63, 3.8) is 0 Å². The lowest BCUT2D eigenvalue weighted by Gasteiger charge is -2.46. The Hall–Kier alpha value is -2.31. The summed E-state index contributed by atoms with van der Waals surface area (Å²) < 4.78 is 22.9. The fraction of sp³-hybridized carbons (Fsp3) is 0.855. The van der Waals surface area contributed by atoms with Crippen molar-refractivity contribution in [3.8, 4) is 0 Å². The Labute approximate surface area is 549 Å². The van der Waals surface area contributed by atoms with E-state index >= 15 is 0 Å². The van der Waals surface area contributed by atoms with Crippen LogP contribution in [0, 0.1) is 0 Å². The van der Waals surface area contributed by atoms with Crippen LogP contribution in [0.15, 0.2) is 60.8 Å². The van der Waals surface area contributed by atoms with Gasteiger partial charge in [-0.3, -0.25) is 4.79 Å². The molecule has 2 rings (SSSR count). The number of unbranched alkanes of at least 4 members (excludes halogenated alkanes) is 41. The molecule has 0 aromatic carbocycles. The molecule has 2 aliphatic heterocycles. The van der Waals surface area contributed by atoms with E-state index < -0.39 is 86.8 Å². The summed E-state index contributed by atoms with van der Waals surface area (Å²) in [5, 5.41) is 87.5. The van der Waals surface area contributed by atoms with Gasteiger partial charge in [0.05, 0.1) is 32.0 Å². The van der Waals surface area contributed by atoms with Gasteiger partial charge >= 0.3 is 0 Å². The zero-order valence-corrected chi connectivity index (χ0v) is 57.4. The van der Waals surface area contributed by atoms with Crippen LogP contribution in [0.4, 0.5) is 0 Å². The molecule has 14 nitrogen and oxygen atoms in total. The van der Waals surface area contributed by atoms with Crippen LogP contribution in [-0.4, -0.2) is 140 Å². The van der Waals surface area contributed by atoms with Crippen molar-refractivity contribution in [1.29, 1.82) is 0 Å². The molecular formula is C76H139NO13. The van der Waals surface area contributed by atoms with Crippen molar-refractivity contribution in [2.75, 3.05) is 19.8 Å². The molecule has 12 atom stereocenters. The van der Waals surface area contributed by atoms with E-state index in [1.54, 1.807) is 6.08 Å². The second-order valence-electron chi connectivity index (χ2n) is 26.4. The van der Waals surface area contributed by atoms with Gasteiger partial charge in [0.2, 0.25) is 5.91 Å². The quantitative estimate of drug-likeness (QED) is 0.0204. The van der Waals surface area contributed by atoms with Crippen LogP contribution in [-0.2, 0) is 23.7 Å². The number of allylic oxidation sites excluding steroid dienone is 9. The Morgan fingerprint density at radius 3 is 1.17 bits per heavy atom. The van der Waals surface area contributed by atoms with E-state index in [1.807, 2.05) is 6.08 Å². The summed E-state index contributed by atoms with van der Waals surface area (Å²) in [6, 6.07) is -0.935. The molecule has 526 valence electrons. The van der Waals surface area contributed by atoms with Gasteiger partial charge in [-0.05, 0) is 70.6 Å². The third kappa shape index (κ3) is 43.6. The number of ether oxygens (including phenoxy) is 4. The first kappa shape index (κ1) is 83.8. The molecule has 0 aromatic heterocycles. The summed E-state index contributed by atoms with van der Waals surface area (Å²) in [6.45, 7) is 2.81. The number of carbonyl (C=O) groups is 1. The molecule has 14 heteroatoms. The molecular weight excluding hydrogens is 1130 g/mol. The van der Waals surface area contributed by atoms with Crippen LogP contribution in [0.1, 0.15) is 322 Å². The van der Waals surface area contributed by atoms with Crippen molar-refractivity contribution in [2.24, 2.45) is 0 Å². The van der Waals surface area contributed by atoms with Crippen LogP contribution in [0.5, 0.6) is 0 Å². The van der Waals surface area contributed by atoms with E-state index in [4.69, 9.17) is 18.9 Å².